The van der Waals surface area contributed by atoms with Crippen LogP contribution in [0.4, 0.5) is 0 Å². The van der Waals surface area contributed by atoms with Gasteiger partial charge in [-0.2, -0.15) is 0 Å². The summed E-state index contributed by atoms with van der Waals surface area (Å²) in [5.74, 6) is 0. The highest BCUT2D eigenvalue weighted by molar-refractivity contribution is 6.62. The summed E-state index contributed by atoms with van der Waals surface area (Å²) in [5.41, 5.74) is 2.21. The van der Waals surface area contributed by atoms with E-state index < -0.39 is 5.60 Å². The van der Waals surface area contributed by atoms with Gasteiger partial charge in [0, 0.05) is 25.0 Å². The van der Waals surface area contributed by atoms with Crippen molar-refractivity contribution >= 4 is 12.6 Å². The van der Waals surface area contributed by atoms with E-state index >= 15 is 0 Å². The van der Waals surface area contributed by atoms with Crippen molar-refractivity contribution in [2.45, 2.75) is 102 Å². The second-order valence-electron chi connectivity index (χ2n) is 11.5. The first-order valence-electron chi connectivity index (χ1n) is 12.6. The zero-order chi connectivity index (χ0) is 23.3. The summed E-state index contributed by atoms with van der Waals surface area (Å²) in [6.45, 7) is 9.33. The standard InChI is InChI=1S/C28H38BNO3/c1-26(2)27(3,4)33-29(32-26)23-13-8-12-22(16-23)17-28(31)18-24-14-9-15-25(19-28)30(24)20-21-10-6-5-7-11-21/h5-8,10-13,16,24-25,31H,9,14-15,17-20H2,1-4H3. The molecule has 0 amide bonds. The highest BCUT2D eigenvalue weighted by Crippen LogP contribution is 2.41. The molecule has 3 heterocycles. The third-order valence-electron chi connectivity index (χ3n) is 8.46. The largest absolute Gasteiger partial charge is 0.494 e. The SMILES string of the molecule is CC1(C)OB(c2cccc(CC3(O)CC4CCCC(C3)N4Cc3ccccc3)c2)OC1(C)C. The second-order valence-corrected chi connectivity index (χ2v) is 11.5. The van der Waals surface area contributed by atoms with Crippen molar-refractivity contribution in [1.82, 2.24) is 4.90 Å². The molecule has 176 valence electrons. The van der Waals surface area contributed by atoms with Crippen LogP contribution in [-0.2, 0) is 22.3 Å². The van der Waals surface area contributed by atoms with E-state index in [0.717, 1.165) is 24.8 Å². The van der Waals surface area contributed by atoms with Crippen molar-refractivity contribution in [3.8, 4) is 0 Å². The predicted octanol–water partition coefficient (Wildman–Crippen LogP) is 4.48. The molecule has 2 bridgehead atoms. The Labute approximate surface area is 199 Å². The van der Waals surface area contributed by atoms with Crippen LogP contribution in [-0.4, -0.2) is 46.0 Å². The van der Waals surface area contributed by atoms with Crippen LogP contribution in [0, 0.1) is 0 Å². The summed E-state index contributed by atoms with van der Waals surface area (Å²) in [4.78, 5) is 2.66. The average molecular weight is 447 g/mol. The van der Waals surface area contributed by atoms with E-state index in [1.807, 2.05) is 0 Å². The molecule has 3 aliphatic rings. The number of hydrogen-bond acceptors (Lipinski definition) is 4. The van der Waals surface area contributed by atoms with Crippen LogP contribution in [0.15, 0.2) is 54.6 Å². The number of fused-ring (bicyclic) bond motifs is 2. The van der Waals surface area contributed by atoms with Crippen LogP contribution in [0.2, 0.25) is 0 Å². The highest BCUT2D eigenvalue weighted by Gasteiger charge is 2.52. The molecule has 2 aromatic rings. The maximum atomic E-state index is 11.7. The first-order valence-corrected chi connectivity index (χ1v) is 12.6. The highest BCUT2D eigenvalue weighted by atomic mass is 16.7. The maximum Gasteiger partial charge on any atom is 0.494 e. The van der Waals surface area contributed by atoms with E-state index in [1.165, 1.54) is 30.4 Å². The fraction of sp³-hybridized carbons (Fsp3) is 0.571. The Morgan fingerprint density at radius 1 is 0.879 bits per heavy atom. The Hall–Kier alpha value is -1.66. The number of hydrogen-bond donors (Lipinski definition) is 1. The molecule has 0 aliphatic carbocycles. The Kier molecular flexibility index (Phi) is 5.97. The van der Waals surface area contributed by atoms with Gasteiger partial charge in [0.05, 0.1) is 16.8 Å². The van der Waals surface area contributed by atoms with Crippen LogP contribution in [0.1, 0.15) is 70.9 Å². The number of benzene rings is 2. The van der Waals surface area contributed by atoms with E-state index in [1.54, 1.807) is 0 Å². The molecule has 1 N–H and O–H groups in total. The molecule has 5 rings (SSSR count). The van der Waals surface area contributed by atoms with Gasteiger partial charge in [0.2, 0.25) is 0 Å². The van der Waals surface area contributed by atoms with Gasteiger partial charge in [-0.05, 0) is 70.0 Å². The molecule has 0 aromatic heterocycles. The first kappa shape index (κ1) is 23.1. The van der Waals surface area contributed by atoms with Gasteiger partial charge >= 0.3 is 7.12 Å². The van der Waals surface area contributed by atoms with Gasteiger partial charge in [0.1, 0.15) is 0 Å². The van der Waals surface area contributed by atoms with Crippen molar-refractivity contribution in [2.24, 2.45) is 0 Å². The van der Waals surface area contributed by atoms with Gasteiger partial charge in [0.15, 0.2) is 0 Å². The quantitative estimate of drug-likeness (QED) is 0.687. The number of aliphatic hydroxyl groups is 1. The second kappa shape index (κ2) is 8.53. The summed E-state index contributed by atoms with van der Waals surface area (Å²) in [6, 6.07) is 20.1. The lowest BCUT2D eigenvalue weighted by atomic mass is 9.72. The zero-order valence-corrected chi connectivity index (χ0v) is 20.6. The Bertz CT molecular complexity index is 946. The summed E-state index contributed by atoms with van der Waals surface area (Å²) in [6.07, 6.45) is 6.01. The van der Waals surface area contributed by atoms with Gasteiger partial charge in [-0.25, -0.2) is 0 Å². The lowest BCUT2D eigenvalue weighted by molar-refractivity contribution is -0.0946. The van der Waals surface area contributed by atoms with Gasteiger partial charge in [-0.1, -0.05) is 61.0 Å². The molecule has 4 nitrogen and oxygen atoms in total. The van der Waals surface area contributed by atoms with E-state index in [2.05, 4.69) is 87.2 Å². The molecule has 5 heteroatoms. The topological polar surface area (TPSA) is 41.9 Å². The van der Waals surface area contributed by atoms with E-state index in [9.17, 15) is 5.11 Å². The minimum Gasteiger partial charge on any atom is -0.399 e. The summed E-state index contributed by atoms with van der Waals surface area (Å²) in [5, 5.41) is 11.7. The minimum atomic E-state index is -0.655. The molecule has 0 saturated carbocycles. The summed E-state index contributed by atoms with van der Waals surface area (Å²) < 4.78 is 12.5. The van der Waals surface area contributed by atoms with Gasteiger partial charge in [-0.15, -0.1) is 0 Å². The third kappa shape index (κ3) is 4.66. The van der Waals surface area contributed by atoms with Crippen LogP contribution in [0.5, 0.6) is 0 Å². The Morgan fingerprint density at radius 3 is 2.12 bits per heavy atom. The fourth-order valence-electron chi connectivity index (χ4n) is 6.02. The molecular formula is C28H38BNO3. The molecule has 2 atom stereocenters. The van der Waals surface area contributed by atoms with Crippen molar-refractivity contribution in [3.05, 3.63) is 65.7 Å². The zero-order valence-electron chi connectivity index (χ0n) is 20.6. The van der Waals surface area contributed by atoms with Crippen LogP contribution >= 0.6 is 0 Å². The maximum absolute atomic E-state index is 11.7. The lowest BCUT2D eigenvalue weighted by Gasteiger charge is -2.52. The Balaban J connectivity index is 1.30. The smallest absolute Gasteiger partial charge is 0.399 e. The van der Waals surface area contributed by atoms with Crippen molar-refractivity contribution in [2.75, 3.05) is 0 Å². The van der Waals surface area contributed by atoms with Gasteiger partial charge in [-0.3, -0.25) is 4.90 Å². The van der Waals surface area contributed by atoms with Crippen molar-refractivity contribution < 1.29 is 14.4 Å². The van der Waals surface area contributed by atoms with E-state index in [0.29, 0.717) is 18.5 Å². The van der Waals surface area contributed by atoms with Gasteiger partial charge in [0.25, 0.3) is 0 Å². The lowest BCUT2D eigenvalue weighted by Crippen LogP contribution is -2.58. The summed E-state index contributed by atoms with van der Waals surface area (Å²) >= 11 is 0. The molecule has 33 heavy (non-hydrogen) atoms. The molecule has 0 radical (unpaired) electrons. The first-order chi connectivity index (χ1) is 15.6. The van der Waals surface area contributed by atoms with Crippen LogP contribution < -0.4 is 5.46 Å². The molecular weight excluding hydrogens is 409 g/mol. The molecule has 3 aliphatic heterocycles. The molecule has 0 spiro atoms. The van der Waals surface area contributed by atoms with Gasteiger partial charge < -0.3 is 14.4 Å². The summed E-state index contributed by atoms with van der Waals surface area (Å²) in [7, 11) is -0.364. The van der Waals surface area contributed by atoms with Crippen molar-refractivity contribution in [3.63, 3.8) is 0 Å². The van der Waals surface area contributed by atoms with Crippen molar-refractivity contribution in [1.29, 1.82) is 0 Å². The third-order valence-corrected chi connectivity index (χ3v) is 8.46. The molecule has 3 saturated heterocycles. The number of rotatable bonds is 5. The van der Waals surface area contributed by atoms with E-state index in [4.69, 9.17) is 9.31 Å². The predicted molar refractivity (Wildman–Crippen MR) is 133 cm³/mol. The normalized spacial score (nSPS) is 31.0. The number of piperidine rings is 2. The monoisotopic (exact) mass is 447 g/mol. The fourth-order valence-corrected chi connectivity index (χ4v) is 6.02. The Morgan fingerprint density at radius 2 is 1.48 bits per heavy atom. The van der Waals surface area contributed by atoms with Crippen LogP contribution in [0.25, 0.3) is 0 Å². The van der Waals surface area contributed by atoms with E-state index in [-0.39, 0.29) is 18.3 Å². The molecule has 3 fully saturated rings. The number of nitrogens with zero attached hydrogens (tertiary/aromatic N) is 1. The van der Waals surface area contributed by atoms with Crippen LogP contribution in [0.3, 0.4) is 0 Å². The average Bonchev–Trinajstić information content (AvgIpc) is 2.97. The molecule has 2 aromatic carbocycles. The molecule has 2 unspecified atom stereocenters. The minimum absolute atomic E-state index is 0.352.